The van der Waals surface area contributed by atoms with E-state index in [1.165, 1.54) is 0 Å². The van der Waals surface area contributed by atoms with Gasteiger partial charge in [0.15, 0.2) is 31.2 Å². The Morgan fingerprint density at radius 1 is 0.562 bits per heavy atom. The second-order valence-corrected chi connectivity index (χ2v) is 28.5. The predicted molar refractivity (Wildman–Crippen MR) is 143 cm³/mol. The predicted octanol–water partition coefficient (Wildman–Crippen LogP) is 6.89. The van der Waals surface area contributed by atoms with Crippen LogP contribution in [-0.4, -0.2) is 60.8 Å². The molecule has 0 radical (unpaired) electrons. The van der Waals surface area contributed by atoms with Crippen molar-refractivity contribution >= 4 is 25.0 Å². The molecular weight excluding hydrogens is 453 g/mol. The topological polar surface area (TPSA) is 57.2 Å². The first-order valence-corrected chi connectivity index (χ1v) is 20.9. The van der Waals surface area contributed by atoms with Crippen molar-refractivity contribution in [3.05, 3.63) is 0 Å². The highest BCUT2D eigenvalue weighted by Gasteiger charge is 2.55. The van der Waals surface area contributed by atoms with E-state index in [4.69, 9.17) is 18.0 Å². The Kier molecular flexibility index (Phi) is 9.03. The molecule has 1 aliphatic heterocycles. The molecule has 0 aromatic carbocycles. The van der Waals surface area contributed by atoms with Crippen LogP contribution in [0.15, 0.2) is 0 Å². The van der Waals surface area contributed by atoms with Gasteiger partial charge in [0.05, 0.1) is 12.2 Å². The number of aliphatic hydroxyl groups excluding tert-OH is 1. The van der Waals surface area contributed by atoms with Crippen LogP contribution in [0.5, 0.6) is 0 Å². The summed E-state index contributed by atoms with van der Waals surface area (Å²) in [7, 11) is -6.48. The third-order valence-corrected chi connectivity index (χ3v) is 21.9. The molecule has 1 fully saturated rings. The molecule has 32 heavy (non-hydrogen) atoms. The standard InChI is InChI=1S/C24H54O5Si3/c1-17-18(27-30(11,12)22(2,3)4)19(28-31(13,14)23(5,6)7)20(21(25)26-17)29-32(15,16)24(8,9)10/h17-21,25H,1-16H3/t17-,18-,19+,20+,21+/m1/s1. The monoisotopic (exact) mass is 506 g/mol. The molecule has 0 bridgehead atoms. The van der Waals surface area contributed by atoms with E-state index in [9.17, 15) is 5.11 Å². The van der Waals surface area contributed by atoms with Crippen LogP contribution in [0.4, 0.5) is 0 Å². The van der Waals surface area contributed by atoms with Crippen LogP contribution in [0, 0.1) is 0 Å². The zero-order chi connectivity index (χ0) is 25.7. The Labute approximate surface area is 202 Å². The molecular formula is C24H54O5Si3. The lowest BCUT2D eigenvalue weighted by Gasteiger charge is -2.53. The summed E-state index contributed by atoms with van der Waals surface area (Å²) >= 11 is 0. The number of aliphatic hydroxyl groups is 1. The molecule has 0 aliphatic carbocycles. The van der Waals surface area contributed by atoms with Gasteiger partial charge in [-0.25, -0.2) is 0 Å². The minimum atomic E-state index is -2.19. The molecule has 0 unspecified atom stereocenters. The molecule has 8 heteroatoms. The lowest BCUT2D eigenvalue weighted by Crippen LogP contribution is -2.66. The van der Waals surface area contributed by atoms with E-state index in [1.54, 1.807) is 0 Å². The average molecular weight is 507 g/mol. The molecule has 5 nitrogen and oxygen atoms in total. The fraction of sp³-hybridized carbons (Fsp3) is 1.00. The summed E-state index contributed by atoms with van der Waals surface area (Å²) in [4.78, 5) is 0. The smallest absolute Gasteiger partial charge is 0.192 e. The fourth-order valence-electron chi connectivity index (χ4n) is 2.96. The number of hydrogen-bond donors (Lipinski definition) is 1. The van der Waals surface area contributed by atoms with Gasteiger partial charge in [0.2, 0.25) is 0 Å². The molecule has 192 valence electrons. The molecule has 0 saturated carbocycles. The number of ether oxygens (including phenoxy) is 1. The van der Waals surface area contributed by atoms with Crippen molar-refractivity contribution < 1.29 is 23.1 Å². The molecule has 0 spiro atoms. The molecule has 1 aliphatic rings. The SMILES string of the molecule is C[C@H]1O[C@H](O)[C@@H](O[Si](C)(C)C(C)(C)C)[C@@H](O[Si](C)(C)C(C)(C)C)[C@@H]1O[Si](C)(C)C(C)(C)C. The molecule has 0 aromatic heterocycles. The fourth-order valence-corrected chi connectivity index (χ4v) is 6.91. The zero-order valence-corrected chi connectivity index (χ0v) is 27.0. The maximum atomic E-state index is 11.1. The van der Waals surface area contributed by atoms with E-state index in [1.807, 2.05) is 6.92 Å². The Morgan fingerprint density at radius 3 is 1.16 bits per heavy atom. The Hall–Kier alpha value is 0.451. The minimum absolute atomic E-state index is 0.00703. The van der Waals surface area contributed by atoms with Crippen molar-refractivity contribution in [1.29, 1.82) is 0 Å². The molecule has 0 amide bonds. The largest absolute Gasteiger partial charge is 0.409 e. The van der Waals surface area contributed by atoms with Gasteiger partial charge in [-0.15, -0.1) is 0 Å². The van der Waals surface area contributed by atoms with Crippen LogP contribution in [-0.2, 0) is 18.0 Å². The van der Waals surface area contributed by atoms with Crippen LogP contribution in [0.1, 0.15) is 69.2 Å². The second-order valence-electron chi connectivity index (χ2n) is 14.3. The van der Waals surface area contributed by atoms with Crippen molar-refractivity contribution in [3.63, 3.8) is 0 Å². The highest BCUT2D eigenvalue weighted by molar-refractivity contribution is 6.75. The molecule has 1 saturated heterocycles. The molecule has 0 aromatic rings. The second kappa shape index (κ2) is 9.48. The summed E-state index contributed by atoms with van der Waals surface area (Å²) in [5, 5.41) is 11.2. The van der Waals surface area contributed by atoms with Crippen LogP contribution in [0.3, 0.4) is 0 Å². The van der Waals surface area contributed by atoms with Gasteiger partial charge in [0, 0.05) is 0 Å². The van der Waals surface area contributed by atoms with E-state index in [-0.39, 0.29) is 33.4 Å². The Bertz CT molecular complexity index is 589. The Morgan fingerprint density at radius 2 is 0.844 bits per heavy atom. The molecule has 5 atom stereocenters. The summed E-state index contributed by atoms with van der Waals surface area (Å²) in [6.07, 6.45) is -2.56. The lowest BCUT2D eigenvalue weighted by molar-refractivity contribution is -0.267. The van der Waals surface area contributed by atoms with Crippen LogP contribution in [0.2, 0.25) is 54.4 Å². The van der Waals surface area contributed by atoms with E-state index in [0.717, 1.165) is 0 Å². The highest BCUT2D eigenvalue weighted by atomic mass is 28.4. The van der Waals surface area contributed by atoms with Gasteiger partial charge in [-0.2, -0.15) is 0 Å². The van der Waals surface area contributed by atoms with Crippen molar-refractivity contribution in [3.8, 4) is 0 Å². The van der Waals surface area contributed by atoms with E-state index >= 15 is 0 Å². The third kappa shape index (κ3) is 6.77. The van der Waals surface area contributed by atoms with E-state index in [2.05, 4.69) is 102 Å². The molecule has 1 rings (SSSR count). The van der Waals surface area contributed by atoms with Crippen molar-refractivity contribution in [1.82, 2.24) is 0 Å². The normalized spacial score (nSPS) is 29.3. The average Bonchev–Trinajstić information content (AvgIpc) is 2.51. The first kappa shape index (κ1) is 30.5. The van der Waals surface area contributed by atoms with Gasteiger partial charge in [-0.05, 0) is 61.3 Å². The van der Waals surface area contributed by atoms with E-state index in [0.29, 0.717) is 0 Å². The maximum absolute atomic E-state index is 11.1. The summed E-state index contributed by atoms with van der Waals surface area (Å²) in [5.41, 5.74) is 0. The van der Waals surface area contributed by atoms with Crippen molar-refractivity contribution in [2.75, 3.05) is 0 Å². The quantitative estimate of drug-likeness (QED) is 0.397. The van der Waals surface area contributed by atoms with Gasteiger partial charge >= 0.3 is 0 Å². The Balaban J connectivity index is 3.51. The lowest BCUT2D eigenvalue weighted by atomic mass is 10.0. The number of hydrogen-bond acceptors (Lipinski definition) is 5. The van der Waals surface area contributed by atoms with Crippen molar-refractivity contribution in [2.45, 2.75) is 154 Å². The van der Waals surface area contributed by atoms with Crippen LogP contribution < -0.4 is 0 Å². The first-order valence-electron chi connectivity index (χ1n) is 12.2. The number of rotatable bonds is 6. The van der Waals surface area contributed by atoms with Gasteiger partial charge in [-0.1, -0.05) is 62.3 Å². The van der Waals surface area contributed by atoms with E-state index < -0.39 is 37.3 Å². The van der Waals surface area contributed by atoms with Gasteiger partial charge in [-0.3, -0.25) is 0 Å². The van der Waals surface area contributed by atoms with Gasteiger partial charge < -0.3 is 23.1 Å². The van der Waals surface area contributed by atoms with Crippen LogP contribution in [0.25, 0.3) is 0 Å². The molecule has 1 N–H and O–H groups in total. The summed E-state index contributed by atoms with van der Waals surface area (Å²) in [6.45, 7) is 35.6. The minimum Gasteiger partial charge on any atom is -0.409 e. The molecule has 1 heterocycles. The van der Waals surface area contributed by atoms with Crippen LogP contribution >= 0.6 is 0 Å². The summed E-state index contributed by atoms with van der Waals surface area (Å²) in [5.74, 6) is 0. The highest BCUT2D eigenvalue weighted by Crippen LogP contribution is 2.45. The van der Waals surface area contributed by atoms with Gasteiger partial charge in [0.25, 0.3) is 0 Å². The first-order chi connectivity index (χ1) is 13.8. The maximum Gasteiger partial charge on any atom is 0.192 e. The summed E-state index contributed by atoms with van der Waals surface area (Å²) in [6, 6.07) is 0. The summed E-state index contributed by atoms with van der Waals surface area (Å²) < 4.78 is 26.8. The zero-order valence-electron chi connectivity index (χ0n) is 24.0. The third-order valence-electron chi connectivity index (χ3n) is 8.46. The van der Waals surface area contributed by atoms with Gasteiger partial charge in [0.1, 0.15) is 12.2 Å². The van der Waals surface area contributed by atoms with Crippen molar-refractivity contribution in [2.24, 2.45) is 0 Å².